The van der Waals surface area contributed by atoms with Gasteiger partial charge in [-0.1, -0.05) is 116 Å². The zero-order valence-electron chi connectivity index (χ0n) is 28.6. The van der Waals surface area contributed by atoms with E-state index in [0.29, 0.717) is 0 Å². The molecule has 0 amide bonds. The maximum Gasteiger partial charge on any atom is 0.488 e. The van der Waals surface area contributed by atoms with Crippen LogP contribution in [0.5, 0.6) is 0 Å². The first-order valence-electron chi connectivity index (χ1n) is 18.0. The lowest BCUT2D eigenvalue weighted by molar-refractivity contribution is 0.308. The molecule has 2 saturated carbocycles. The van der Waals surface area contributed by atoms with Crippen LogP contribution in [0.3, 0.4) is 0 Å². The molecule has 0 aromatic heterocycles. The molecule has 2 aliphatic rings. The zero-order valence-corrected chi connectivity index (χ0v) is 30.2. The molecule has 4 aromatic carbocycles. The summed E-state index contributed by atoms with van der Waals surface area (Å²) in [7, 11) is -1.59. The van der Waals surface area contributed by atoms with E-state index in [4.69, 9.17) is 10.0 Å². The van der Waals surface area contributed by atoms with Crippen LogP contribution >= 0.6 is 15.9 Å². The second-order valence-electron chi connectivity index (χ2n) is 13.6. The minimum atomic E-state index is -1.59. The van der Waals surface area contributed by atoms with Crippen LogP contribution in [0.2, 0.25) is 0 Å². The highest BCUT2D eigenvalue weighted by atomic mass is 79.9. The predicted molar refractivity (Wildman–Crippen MR) is 201 cm³/mol. The second kappa shape index (κ2) is 20.0. The number of hydrogen-bond donors (Lipinski definition) is 2. The molecule has 2 N–H and O–H groups in total. The van der Waals surface area contributed by atoms with Crippen LogP contribution in [0, 0.1) is 23.5 Å². The average molecular weight is 718 g/mol. The van der Waals surface area contributed by atoms with E-state index >= 15 is 0 Å². The molecule has 48 heavy (non-hydrogen) atoms. The summed E-state index contributed by atoms with van der Waals surface area (Å²) >= 11 is 3.50. The van der Waals surface area contributed by atoms with E-state index in [2.05, 4.69) is 78.3 Å². The van der Waals surface area contributed by atoms with Gasteiger partial charge in [0.2, 0.25) is 0 Å². The van der Waals surface area contributed by atoms with Crippen molar-refractivity contribution in [2.45, 2.75) is 103 Å². The Morgan fingerprint density at radius 2 is 1.04 bits per heavy atom. The standard InChI is InChI=1S/C21H25F.C15H21Br.C6H6BFO2/c1-2-4-16-7-9-17(10-8-16)18-11-13-19(14-12-18)20-5-3-6-21(22)15-20;1-2-3-12-4-6-13(7-5-12)14-8-10-15(16)11-9-14;8-6-3-1-2-5(4-6)7(9)10/h3,5-6,11-17H,2,4,7-10H2,1H3;8-13H,2-7H2,1H3;1-4,9-10H. The van der Waals surface area contributed by atoms with Gasteiger partial charge < -0.3 is 10.0 Å². The smallest absolute Gasteiger partial charge is 0.423 e. The van der Waals surface area contributed by atoms with Crippen LogP contribution in [0.1, 0.15) is 114 Å². The fraction of sp³-hybridized carbons (Fsp3) is 0.429. The molecular formula is C42H52BBrF2O2. The highest BCUT2D eigenvalue weighted by Crippen LogP contribution is 2.39. The maximum absolute atomic E-state index is 13.3. The molecule has 2 aliphatic carbocycles. The summed E-state index contributed by atoms with van der Waals surface area (Å²) in [5.41, 5.74) is 5.22. The molecule has 2 fully saturated rings. The Balaban J connectivity index is 0.000000175. The maximum atomic E-state index is 13.3. The van der Waals surface area contributed by atoms with Crippen molar-refractivity contribution >= 4 is 28.5 Å². The monoisotopic (exact) mass is 716 g/mol. The molecule has 0 saturated heterocycles. The summed E-state index contributed by atoms with van der Waals surface area (Å²) in [6.45, 7) is 4.60. The Bertz CT molecular complexity index is 1480. The highest BCUT2D eigenvalue weighted by molar-refractivity contribution is 9.10. The third-order valence-corrected chi connectivity index (χ3v) is 10.6. The molecule has 0 aliphatic heterocycles. The quantitative estimate of drug-likeness (QED) is 0.178. The minimum absolute atomic E-state index is 0.167. The highest BCUT2D eigenvalue weighted by Gasteiger charge is 2.22. The van der Waals surface area contributed by atoms with Gasteiger partial charge in [-0.05, 0) is 139 Å². The van der Waals surface area contributed by atoms with E-state index < -0.39 is 12.9 Å². The molecule has 6 rings (SSSR count). The van der Waals surface area contributed by atoms with E-state index in [1.807, 2.05) is 6.07 Å². The van der Waals surface area contributed by atoms with Crippen LogP contribution < -0.4 is 5.46 Å². The van der Waals surface area contributed by atoms with Gasteiger partial charge in [0.15, 0.2) is 0 Å². The Morgan fingerprint density at radius 3 is 1.46 bits per heavy atom. The first kappa shape index (κ1) is 38.0. The van der Waals surface area contributed by atoms with Crippen molar-refractivity contribution in [2.24, 2.45) is 11.8 Å². The van der Waals surface area contributed by atoms with Gasteiger partial charge in [0, 0.05) is 4.47 Å². The van der Waals surface area contributed by atoms with Gasteiger partial charge in [0.25, 0.3) is 0 Å². The van der Waals surface area contributed by atoms with Crippen molar-refractivity contribution in [1.82, 2.24) is 0 Å². The predicted octanol–water partition coefficient (Wildman–Crippen LogP) is 11.6. The molecule has 0 heterocycles. The molecule has 0 atom stereocenters. The Morgan fingerprint density at radius 1 is 0.583 bits per heavy atom. The van der Waals surface area contributed by atoms with Crippen LogP contribution in [-0.2, 0) is 0 Å². The first-order valence-corrected chi connectivity index (χ1v) is 18.8. The third kappa shape index (κ3) is 12.3. The lowest BCUT2D eigenvalue weighted by Gasteiger charge is -2.28. The number of rotatable bonds is 8. The van der Waals surface area contributed by atoms with Gasteiger partial charge >= 0.3 is 7.12 Å². The summed E-state index contributed by atoms with van der Waals surface area (Å²) in [5, 5.41) is 17.1. The van der Waals surface area contributed by atoms with E-state index in [-0.39, 0.29) is 11.3 Å². The number of benzene rings is 4. The summed E-state index contributed by atoms with van der Waals surface area (Å²) in [4.78, 5) is 0. The minimum Gasteiger partial charge on any atom is -0.423 e. The van der Waals surface area contributed by atoms with Crippen molar-refractivity contribution in [3.8, 4) is 11.1 Å². The summed E-state index contributed by atoms with van der Waals surface area (Å²) in [6.07, 6.45) is 16.6. The van der Waals surface area contributed by atoms with Crippen LogP contribution in [0.15, 0.2) is 102 Å². The molecule has 2 nitrogen and oxygen atoms in total. The molecule has 4 aromatic rings. The Kier molecular flexibility index (Phi) is 15.9. The third-order valence-electron chi connectivity index (χ3n) is 10.1. The Labute approximate surface area is 296 Å². The molecule has 0 unspecified atom stereocenters. The van der Waals surface area contributed by atoms with Gasteiger partial charge in [-0.3, -0.25) is 0 Å². The van der Waals surface area contributed by atoms with Crippen LogP contribution in [0.4, 0.5) is 8.78 Å². The first-order chi connectivity index (χ1) is 23.2. The van der Waals surface area contributed by atoms with Crippen molar-refractivity contribution in [1.29, 1.82) is 0 Å². The SMILES string of the molecule is CCCC1CCC(c2ccc(-c3cccc(F)c3)cc2)CC1.CCCC1CCC(c2ccc(Br)cc2)CC1.OB(O)c1cccc(F)c1. The van der Waals surface area contributed by atoms with E-state index in [1.54, 1.807) is 12.1 Å². The van der Waals surface area contributed by atoms with E-state index in [0.717, 1.165) is 40.9 Å². The van der Waals surface area contributed by atoms with Gasteiger partial charge in [0.05, 0.1) is 0 Å². The summed E-state index contributed by atoms with van der Waals surface area (Å²) in [5.74, 6) is 2.86. The largest absolute Gasteiger partial charge is 0.488 e. The van der Waals surface area contributed by atoms with Gasteiger partial charge in [0.1, 0.15) is 11.6 Å². The number of hydrogen-bond acceptors (Lipinski definition) is 2. The van der Waals surface area contributed by atoms with Crippen molar-refractivity contribution in [3.05, 3.63) is 124 Å². The van der Waals surface area contributed by atoms with Crippen molar-refractivity contribution in [2.75, 3.05) is 0 Å². The average Bonchev–Trinajstić information content (AvgIpc) is 3.10. The van der Waals surface area contributed by atoms with E-state index in [1.165, 1.54) is 117 Å². The second-order valence-corrected chi connectivity index (χ2v) is 14.5. The molecule has 0 spiro atoms. The fourth-order valence-corrected chi connectivity index (χ4v) is 7.67. The molecule has 0 radical (unpaired) electrons. The van der Waals surface area contributed by atoms with E-state index in [9.17, 15) is 8.78 Å². The fourth-order valence-electron chi connectivity index (χ4n) is 7.40. The summed E-state index contributed by atoms with van der Waals surface area (Å²) in [6, 6.07) is 29.7. The zero-order chi connectivity index (χ0) is 34.3. The number of halogens is 3. The van der Waals surface area contributed by atoms with Crippen molar-refractivity contribution in [3.63, 3.8) is 0 Å². The molecule has 256 valence electrons. The summed E-state index contributed by atoms with van der Waals surface area (Å²) < 4.78 is 26.8. The molecular weight excluding hydrogens is 665 g/mol. The van der Waals surface area contributed by atoms with Crippen molar-refractivity contribution < 1.29 is 18.8 Å². The molecule has 0 bridgehead atoms. The van der Waals surface area contributed by atoms with Crippen LogP contribution in [-0.4, -0.2) is 17.2 Å². The molecule has 6 heteroatoms. The Hall–Kier alpha value is -2.80. The van der Waals surface area contributed by atoms with Crippen LogP contribution in [0.25, 0.3) is 11.1 Å². The topological polar surface area (TPSA) is 40.5 Å². The normalized spacial score (nSPS) is 20.5. The van der Waals surface area contributed by atoms with Gasteiger partial charge in [-0.15, -0.1) is 0 Å². The lowest BCUT2D eigenvalue weighted by atomic mass is 9.77. The van der Waals surface area contributed by atoms with Gasteiger partial charge in [-0.25, -0.2) is 8.78 Å². The van der Waals surface area contributed by atoms with Gasteiger partial charge in [-0.2, -0.15) is 0 Å². The lowest BCUT2D eigenvalue weighted by Crippen LogP contribution is -2.29.